The van der Waals surface area contributed by atoms with Gasteiger partial charge in [-0.1, -0.05) is 12.1 Å². The van der Waals surface area contributed by atoms with Crippen molar-refractivity contribution in [3.63, 3.8) is 0 Å². The molecule has 0 bridgehead atoms. The molecule has 0 saturated carbocycles. The molecule has 0 atom stereocenters. The van der Waals surface area contributed by atoms with Crippen molar-refractivity contribution in [3.05, 3.63) is 30.0 Å². The van der Waals surface area contributed by atoms with E-state index in [0.717, 1.165) is 54.0 Å². The lowest BCUT2D eigenvalue weighted by Crippen LogP contribution is -2.48. The van der Waals surface area contributed by atoms with Gasteiger partial charge in [0, 0.05) is 55.8 Å². The Morgan fingerprint density at radius 1 is 1.24 bits per heavy atom. The summed E-state index contributed by atoms with van der Waals surface area (Å²) >= 11 is 0. The number of nitrogens with two attached hydrogens (primary N) is 1. The molecular weight excluding hydrogens is 264 g/mol. The lowest BCUT2D eigenvalue weighted by Gasteiger charge is -2.35. The summed E-state index contributed by atoms with van der Waals surface area (Å²) in [6.07, 6.45) is 1.88. The first kappa shape index (κ1) is 13.7. The average Bonchev–Trinajstić information content (AvgIpc) is 2.48. The Morgan fingerprint density at radius 2 is 1.95 bits per heavy atom. The predicted octanol–water partition coefficient (Wildman–Crippen LogP) is 1.79. The van der Waals surface area contributed by atoms with Gasteiger partial charge in [-0.15, -0.1) is 0 Å². The second kappa shape index (κ2) is 5.24. The molecule has 2 aromatic rings. The lowest BCUT2D eigenvalue weighted by atomic mass is 10.1. The maximum Gasteiger partial charge on any atom is 0.219 e. The first-order chi connectivity index (χ1) is 10.1. The molecule has 0 unspecified atom stereocenters. The van der Waals surface area contributed by atoms with Crippen LogP contribution >= 0.6 is 0 Å². The largest absolute Gasteiger partial charge is 0.398 e. The van der Waals surface area contributed by atoms with Crippen LogP contribution in [0.5, 0.6) is 0 Å². The number of hydrogen-bond acceptors (Lipinski definition) is 4. The topological polar surface area (TPSA) is 62.5 Å². The van der Waals surface area contributed by atoms with E-state index < -0.39 is 0 Å². The van der Waals surface area contributed by atoms with Gasteiger partial charge in [0.05, 0.1) is 0 Å². The summed E-state index contributed by atoms with van der Waals surface area (Å²) < 4.78 is 0. The molecule has 1 fully saturated rings. The van der Waals surface area contributed by atoms with Gasteiger partial charge in [-0.25, -0.2) is 4.98 Å². The molecule has 3 rings (SSSR count). The van der Waals surface area contributed by atoms with Crippen LogP contribution in [-0.2, 0) is 4.79 Å². The molecule has 110 valence electrons. The summed E-state index contributed by atoms with van der Waals surface area (Å²) in [6, 6.07) is 5.96. The fraction of sp³-hybridized carbons (Fsp3) is 0.375. The van der Waals surface area contributed by atoms with E-state index in [-0.39, 0.29) is 5.91 Å². The number of rotatable bonds is 1. The number of amides is 1. The molecule has 2 N–H and O–H groups in total. The van der Waals surface area contributed by atoms with E-state index in [0.29, 0.717) is 0 Å². The van der Waals surface area contributed by atoms with Gasteiger partial charge >= 0.3 is 0 Å². The second-order valence-corrected chi connectivity index (χ2v) is 5.53. The number of benzene rings is 1. The third kappa shape index (κ3) is 2.39. The van der Waals surface area contributed by atoms with Crippen LogP contribution < -0.4 is 10.6 Å². The molecule has 5 heteroatoms. The standard InChI is InChI=1S/C16H20N4O/c1-11-10-18-16(13-4-3-5-14(17)15(11)13)20-8-6-19(7-9-20)12(2)21/h3-5,10H,6-9,17H2,1-2H3. The van der Waals surface area contributed by atoms with Crippen LogP contribution in [-0.4, -0.2) is 42.0 Å². The smallest absolute Gasteiger partial charge is 0.219 e. The maximum absolute atomic E-state index is 11.4. The molecule has 21 heavy (non-hydrogen) atoms. The van der Waals surface area contributed by atoms with Crippen LogP contribution in [0.3, 0.4) is 0 Å². The minimum atomic E-state index is 0.139. The van der Waals surface area contributed by atoms with Crippen molar-refractivity contribution >= 4 is 28.2 Å². The fourth-order valence-corrected chi connectivity index (χ4v) is 2.97. The van der Waals surface area contributed by atoms with E-state index >= 15 is 0 Å². The highest BCUT2D eigenvalue weighted by atomic mass is 16.2. The summed E-state index contributed by atoms with van der Waals surface area (Å²) in [6.45, 7) is 6.75. The van der Waals surface area contributed by atoms with Gasteiger partial charge in [0.25, 0.3) is 0 Å². The fourth-order valence-electron chi connectivity index (χ4n) is 2.97. The normalized spacial score (nSPS) is 15.5. The van der Waals surface area contributed by atoms with Crippen LogP contribution in [0.1, 0.15) is 12.5 Å². The zero-order valence-corrected chi connectivity index (χ0v) is 12.5. The maximum atomic E-state index is 11.4. The molecule has 1 aliphatic heterocycles. The number of piperazine rings is 1. The van der Waals surface area contributed by atoms with Crippen molar-refractivity contribution in [3.8, 4) is 0 Å². The predicted molar refractivity (Wildman–Crippen MR) is 85.4 cm³/mol. The van der Waals surface area contributed by atoms with Crippen molar-refractivity contribution in [1.29, 1.82) is 0 Å². The van der Waals surface area contributed by atoms with E-state index in [9.17, 15) is 4.79 Å². The molecule has 1 aliphatic rings. The molecular formula is C16H20N4O. The van der Waals surface area contributed by atoms with Crippen molar-refractivity contribution in [2.75, 3.05) is 36.8 Å². The molecule has 0 aliphatic carbocycles. The van der Waals surface area contributed by atoms with Crippen molar-refractivity contribution in [1.82, 2.24) is 9.88 Å². The van der Waals surface area contributed by atoms with Crippen LogP contribution in [0.4, 0.5) is 11.5 Å². The number of aromatic nitrogens is 1. The number of pyridine rings is 1. The van der Waals surface area contributed by atoms with Gasteiger partial charge in [-0.05, 0) is 18.6 Å². The molecule has 1 aromatic heterocycles. The van der Waals surface area contributed by atoms with E-state index in [2.05, 4.69) is 16.0 Å². The first-order valence-corrected chi connectivity index (χ1v) is 7.22. The Hall–Kier alpha value is -2.30. The van der Waals surface area contributed by atoms with E-state index in [1.54, 1.807) is 6.92 Å². The van der Waals surface area contributed by atoms with Crippen molar-refractivity contribution < 1.29 is 4.79 Å². The second-order valence-electron chi connectivity index (χ2n) is 5.53. The summed E-state index contributed by atoms with van der Waals surface area (Å²) in [4.78, 5) is 20.1. The number of carbonyl (C=O) groups excluding carboxylic acids is 1. The number of anilines is 2. The Bertz CT molecular complexity index is 682. The monoisotopic (exact) mass is 284 g/mol. The number of nitrogens with zero attached hydrogens (tertiary/aromatic N) is 3. The number of hydrogen-bond donors (Lipinski definition) is 1. The Morgan fingerprint density at radius 3 is 2.62 bits per heavy atom. The van der Waals surface area contributed by atoms with Crippen LogP contribution in [0.2, 0.25) is 0 Å². The third-order valence-electron chi connectivity index (χ3n) is 4.14. The zero-order chi connectivity index (χ0) is 15.0. The average molecular weight is 284 g/mol. The van der Waals surface area contributed by atoms with Crippen molar-refractivity contribution in [2.45, 2.75) is 13.8 Å². The van der Waals surface area contributed by atoms with Crippen LogP contribution in [0.25, 0.3) is 10.8 Å². The van der Waals surface area contributed by atoms with Gasteiger partial charge in [-0.3, -0.25) is 4.79 Å². The number of aryl methyl sites for hydroxylation is 1. The minimum absolute atomic E-state index is 0.139. The highest BCUT2D eigenvalue weighted by molar-refractivity contribution is 6.01. The quantitative estimate of drug-likeness (QED) is 0.811. The van der Waals surface area contributed by atoms with Gasteiger partial charge < -0.3 is 15.5 Å². The molecule has 1 saturated heterocycles. The van der Waals surface area contributed by atoms with Gasteiger partial charge in [0.1, 0.15) is 5.82 Å². The minimum Gasteiger partial charge on any atom is -0.398 e. The lowest BCUT2D eigenvalue weighted by molar-refractivity contribution is -0.129. The van der Waals surface area contributed by atoms with E-state index in [4.69, 9.17) is 5.73 Å². The Kier molecular flexibility index (Phi) is 3.41. The summed E-state index contributed by atoms with van der Waals surface area (Å²) in [5.74, 6) is 1.10. The summed E-state index contributed by atoms with van der Waals surface area (Å²) in [7, 11) is 0. The number of fused-ring (bicyclic) bond motifs is 1. The SMILES string of the molecule is CC(=O)N1CCN(c2ncc(C)c3c(N)cccc23)CC1. The van der Waals surface area contributed by atoms with Crippen molar-refractivity contribution in [2.24, 2.45) is 0 Å². The molecule has 5 nitrogen and oxygen atoms in total. The van der Waals surface area contributed by atoms with Crippen LogP contribution in [0.15, 0.2) is 24.4 Å². The Labute approximate surface area is 124 Å². The third-order valence-corrected chi connectivity index (χ3v) is 4.14. The van der Waals surface area contributed by atoms with E-state index in [1.165, 1.54) is 0 Å². The molecule has 1 amide bonds. The van der Waals surface area contributed by atoms with Gasteiger partial charge in [0.2, 0.25) is 5.91 Å². The molecule has 1 aromatic carbocycles. The highest BCUT2D eigenvalue weighted by Gasteiger charge is 2.21. The molecule has 0 spiro atoms. The highest BCUT2D eigenvalue weighted by Crippen LogP contribution is 2.31. The summed E-state index contributed by atoms with van der Waals surface area (Å²) in [5, 5.41) is 2.17. The first-order valence-electron chi connectivity index (χ1n) is 7.22. The summed E-state index contributed by atoms with van der Waals surface area (Å²) in [5.41, 5.74) is 8.00. The number of carbonyl (C=O) groups is 1. The zero-order valence-electron chi connectivity index (χ0n) is 12.5. The molecule has 0 radical (unpaired) electrons. The Balaban J connectivity index is 1.97. The van der Waals surface area contributed by atoms with Gasteiger partial charge in [0.15, 0.2) is 0 Å². The van der Waals surface area contributed by atoms with Gasteiger partial charge in [-0.2, -0.15) is 0 Å². The number of nitrogen functional groups attached to an aromatic ring is 1. The molecule has 2 heterocycles. The van der Waals surface area contributed by atoms with Crippen LogP contribution in [0, 0.1) is 6.92 Å². The van der Waals surface area contributed by atoms with E-state index in [1.807, 2.05) is 30.2 Å².